The summed E-state index contributed by atoms with van der Waals surface area (Å²) in [7, 11) is 0. The van der Waals surface area contributed by atoms with Crippen LogP contribution in [0.25, 0.3) is 0 Å². The van der Waals surface area contributed by atoms with Crippen molar-refractivity contribution >= 4 is 23.0 Å². The van der Waals surface area contributed by atoms with Crippen LogP contribution < -0.4 is 11.1 Å². The van der Waals surface area contributed by atoms with E-state index in [1.165, 1.54) is 24.3 Å². The van der Waals surface area contributed by atoms with Gasteiger partial charge < -0.3 is 16.2 Å². The van der Waals surface area contributed by atoms with E-state index in [-0.39, 0.29) is 22.6 Å². The van der Waals surface area contributed by atoms with Crippen molar-refractivity contribution in [3.8, 4) is 0 Å². The summed E-state index contributed by atoms with van der Waals surface area (Å²) >= 11 is 0. The van der Waals surface area contributed by atoms with Gasteiger partial charge in [0.15, 0.2) is 0 Å². The molecule has 0 aromatic heterocycles. The molecular formula is C13H10F2N2O2. The fourth-order valence-electron chi connectivity index (χ4n) is 1.58. The van der Waals surface area contributed by atoms with Crippen LogP contribution in [0.15, 0.2) is 36.4 Å². The van der Waals surface area contributed by atoms with Crippen molar-refractivity contribution in [2.75, 3.05) is 11.1 Å². The first kappa shape index (κ1) is 12.8. The number of rotatable bonds is 3. The minimum Gasteiger partial charge on any atom is -0.478 e. The molecule has 0 saturated carbocycles. The van der Waals surface area contributed by atoms with E-state index in [0.717, 1.165) is 12.1 Å². The Kier molecular flexibility index (Phi) is 3.33. The zero-order chi connectivity index (χ0) is 14.0. The van der Waals surface area contributed by atoms with Gasteiger partial charge in [-0.15, -0.1) is 0 Å². The van der Waals surface area contributed by atoms with Gasteiger partial charge in [0.25, 0.3) is 0 Å². The molecule has 2 rings (SSSR count). The third-order valence-electron chi connectivity index (χ3n) is 2.52. The van der Waals surface area contributed by atoms with E-state index < -0.39 is 17.6 Å². The third kappa shape index (κ3) is 2.62. The molecule has 2 aromatic carbocycles. The molecule has 2 aromatic rings. The molecule has 0 radical (unpaired) electrons. The maximum atomic E-state index is 13.4. The SMILES string of the molecule is Nc1ccc(Nc2c(F)cccc2F)cc1C(=O)O. The molecule has 4 N–H and O–H groups in total. The van der Waals surface area contributed by atoms with Crippen LogP contribution >= 0.6 is 0 Å². The van der Waals surface area contributed by atoms with Crippen molar-refractivity contribution in [1.82, 2.24) is 0 Å². The largest absolute Gasteiger partial charge is 0.478 e. The molecule has 0 bridgehead atoms. The summed E-state index contributed by atoms with van der Waals surface area (Å²) < 4.78 is 26.9. The van der Waals surface area contributed by atoms with Crippen LogP contribution in [0.5, 0.6) is 0 Å². The van der Waals surface area contributed by atoms with E-state index in [4.69, 9.17) is 10.8 Å². The van der Waals surface area contributed by atoms with Crippen LogP contribution in [-0.4, -0.2) is 11.1 Å². The molecule has 0 aliphatic heterocycles. The first-order valence-electron chi connectivity index (χ1n) is 5.33. The number of hydrogen-bond acceptors (Lipinski definition) is 3. The number of nitrogens with one attached hydrogen (secondary N) is 1. The molecule has 0 fully saturated rings. The monoisotopic (exact) mass is 264 g/mol. The van der Waals surface area contributed by atoms with Gasteiger partial charge in [-0.1, -0.05) is 6.07 Å². The Morgan fingerprint density at radius 3 is 2.37 bits per heavy atom. The second-order valence-electron chi connectivity index (χ2n) is 3.83. The standard InChI is InChI=1S/C13H10F2N2O2/c14-9-2-1-3-10(15)12(9)17-7-4-5-11(16)8(6-7)13(18)19/h1-6,17H,16H2,(H,18,19). The lowest BCUT2D eigenvalue weighted by Gasteiger charge is -2.10. The highest BCUT2D eigenvalue weighted by Crippen LogP contribution is 2.25. The van der Waals surface area contributed by atoms with Gasteiger partial charge in [0, 0.05) is 11.4 Å². The molecule has 0 amide bonds. The van der Waals surface area contributed by atoms with Crippen molar-refractivity contribution in [3.05, 3.63) is 53.6 Å². The van der Waals surface area contributed by atoms with Crippen molar-refractivity contribution in [2.45, 2.75) is 0 Å². The normalized spacial score (nSPS) is 10.2. The smallest absolute Gasteiger partial charge is 0.337 e. The lowest BCUT2D eigenvalue weighted by Crippen LogP contribution is -2.04. The zero-order valence-electron chi connectivity index (χ0n) is 9.65. The molecule has 98 valence electrons. The fraction of sp³-hybridized carbons (Fsp3) is 0. The lowest BCUT2D eigenvalue weighted by molar-refractivity contribution is 0.0698. The lowest BCUT2D eigenvalue weighted by atomic mass is 10.1. The Bertz CT molecular complexity index is 624. The Morgan fingerprint density at radius 1 is 1.16 bits per heavy atom. The number of carboxylic acid groups (broad SMARTS) is 1. The summed E-state index contributed by atoms with van der Waals surface area (Å²) in [4.78, 5) is 10.9. The molecule has 0 aliphatic carbocycles. The number of carboxylic acids is 1. The summed E-state index contributed by atoms with van der Waals surface area (Å²) in [5.41, 5.74) is 5.31. The average molecular weight is 264 g/mol. The molecular weight excluding hydrogens is 254 g/mol. The molecule has 0 unspecified atom stereocenters. The van der Waals surface area contributed by atoms with E-state index in [9.17, 15) is 13.6 Å². The average Bonchev–Trinajstić information content (AvgIpc) is 2.35. The number of nitrogen functional groups attached to an aromatic ring is 1. The van der Waals surface area contributed by atoms with Crippen LogP contribution in [0, 0.1) is 11.6 Å². The van der Waals surface area contributed by atoms with E-state index in [2.05, 4.69) is 5.32 Å². The van der Waals surface area contributed by atoms with E-state index >= 15 is 0 Å². The van der Waals surface area contributed by atoms with Crippen molar-refractivity contribution < 1.29 is 18.7 Å². The molecule has 4 nitrogen and oxygen atoms in total. The number of carbonyl (C=O) groups is 1. The molecule has 0 aliphatic rings. The topological polar surface area (TPSA) is 75.3 Å². The number of benzene rings is 2. The maximum absolute atomic E-state index is 13.4. The van der Waals surface area contributed by atoms with Gasteiger partial charge in [0.05, 0.1) is 5.56 Å². The van der Waals surface area contributed by atoms with Gasteiger partial charge in [0.2, 0.25) is 0 Å². The quantitative estimate of drug-likeness (QED) is 0.745. The zero-order valence-corrected chi connectivity index (χ0v) is 9.65. The highest BCUT2D eigenvalue weighted by molar-refractivity contribution is 5.95. The van der Waals surface area contributed by atoms with Crippen molar-refractivity contribution in [3.63, 3.8) is 0 Å². The molecule has 0 atom stereocenters. The first-order valence-corrected chi connectivity index (χ1v) is 5.33. The van der Waals surface area contributed by atoms with Crippen molar-refractivity contribution in [1.29, 1.82) is 0 Å². The Balaban J connectivity index is 2.39. The predicted octanol–water partition coefficient (Wildman–Crippen LogP) is 2.99. The van der Waals surface area contributed by atoms with Gasteiger partial charge in [0.1, 0.15) is 17.3 Å². The number of nitrogens with two attached hydrogens (primary N) is 1. The van der Waals surface area contributed by atoms with Crippen LogP contribution in [0.2, 0.25) is 0 Å². The Morgan fingerprint density at radius 2 is 1.79 bits per heavy atom. The van der Waals surface area contributed by atoms with Crippen molar-refractivity contribution in [2.24, 2.45) is 0 Å². The fourth-order valence-corrected chi connectivity index (χ4v) is 1.58. The molecule has 6 heteroatoms. The van der Waals surface area contributed by atoms with Gasteiger partial charge in [-0.2, -0.15) is 0 Å². The maximum Gasteiger partial charge on any atom is 0.337 e. The Hall–Kier alpha value is -2.63. The van der Waals surface area contributed by atoms with E-state index in [0.29, 0.717) is 0 Å². The second-order valence-corrected chi connectivity index (χ2v) is 3.83. The van der Waals surface area contributed by atoms with E-state index in [1.807, 2.05) is 0 Å². The number of para-hydroxylation sites is 1. The van der Waals surface area contributed by atoms with Crippen LogP contribution in [0.3, 0.4) is 0 Å². The minimum atomic E-state index is -1.21. The molecule has 19 heavy (non-hydrogen) atoms. The highest BCUT2D eigenvalue weighted by Gasteiger charge is 2.12. The Labute approximate surface area is 107 Å². The number of halogens is 2. The summed E-state index contributed by atoms with van der Waals surface area (Å²) in [5, 5.41) is 11.4. The third-order valence-corrected chi connectivity index (χ3v) is 2.52. The van der Waals surface area contributed by atoms with Gasteiger partial charge >= 0.3 is 5.97 Å². The van der Waals surface area contributed by atoms with Gasteiger partial charge in [-0.3, -0.25) is 0 Å². The molecule has 0 saturated heterocycles. The van der Waals surface area contributed by atoms with E-state index in [1.54, 1.807) is 0 Å². The molecule has 0 spiro atoms. The minimum absolute atomic E-state index is 0.0760. The number of hydrogen-bond donors (Lipinski definition) is 3. The summed E-state index contributed by atoms with van der Waals surface area (Å²) in [6, 6.07) is 7.44. The van der Waals surface area contributed by atoms with Crippen LogP contribution in [0.1, 0.15) is 10.4 Å². The molecule has 0 heterocycles. The summed E-state index contributed by atoms with van der Waals surface area (Å²) in [6.45, 7) is 0. The van der Waals surface area contributed by atoms with Gasteiger partial charge in [-0.25, -0.2) is 13.6 Å². The predicted molar refractivity (Wildman–Crippen MR) is 67.5 cm³/mol. The van der Waals surface area contributed by atoms with Crippen LogP contribution in [0.4, 0.5) is 25.8 Å². The highest BCUT2D eigenvalue weighted by atomic mass is 19.1. The number of aromatic carboxylic acids is 1. The number of anilines is 3. The van der Waals surface area contributed by atoms with Gasteiger partial charge in [-0.05, 0) is 30.3 Å². The summed E-state index contributed by atoms with van der Waals surface area (Å²) in [6.07, 6.45) is 0. The van der Waals surface area contributed by atoms with Crippen LogP contribution in [-0.2, 0) is 0 Å². The first-order chi connectivity index (χ1) is 8.99. The second kappa shape index (κ2) is 4.93. The summed E-state index contributed by atoms with van der Waals surface area (Å²) in [5.74, 6) is -2.75.